The van der Waals surface area contributed by atoms with E-state index in [-0.39, 0.29) is 18.6 Å². The van der Waals surface area contributed by atoms with Crippen LogP contribution in [0.4, 0.5) is 0 Å². The maximum Gasteiger partial charge on any atom is 0.258 e. The molecule has 0 saturated heterocycles. The highest BCUT2D eigenvalue weighted by molar-refractivity contribution is 7.21. The van der Waals surface area contributed by atoms with E-state index in [1.54, 1.807) is 11.3 Å². The molecule has 3 rings (SSSR count). The Hall–Kier alpha value is -2.40. The normalized spacial score (nSPS) is 12.1. The zero-order valence-corrected chi connectivity index (χ0v) is 14.6. The number of ether oxygens (including phenoxy) is 1. The predicted molar refractivity (Wildman–Crippen MR) is 98.4 cm³/mol. The Kier molecular flexibility index (Phi) is 5.11. The zero-order valence-electron chi connectivity index (χ0n) is 13.8. The van der Waals surface area contributed by atoms with E-state index in [9.17, 15) is 4.79 Å². The van der Waals surface area contributed by atoms with E-state index in [0.717, 1.165) is 22.5 Å². The van der Waals surface area contributed by atoms with Crippen LogP contribution >= 0.6 is 11.3 Å². The van der Waals surface area contributed by atoms with Gasteiger partial charge in [-0.25, -0.2) is 4.98 Å². The summed E-state index contributed by atoms with van der Waals surface area (Å²) in [5.41, 5.74) is 2.06. The van der Waals surface area contributed by atoms with Crippen LogP contribution in [0.3, 0.4) is 0 Å². The van der Waals surface area contributed by atoms with Crippen molar-refractivity contribution < 1.29 is 9.53 Å². The first-order valence-electron chi connectivity index (χ1n) is 8.04. The largest absolute Gasteiger partial charge is 0.484 e. The number of rotatable bonds is 6. The van der Waals surface area contributed by atoms with Gasteiger partial charge in [-0.1, -0.05) is 19.1 Å². The number of amides is 1. The Labute approximate surface area is 145 Å². The van der Waals surface area contributed by atoms with E-state index in [1.165, 1.54) is 4.70 Å². The summed E-state index contributed by atoms with van der Waals surface area (Å²) in [7, 11) is 0. The van der Waals surface area contributed by atoms with E-state index in [0.29, 0.717) is 5.75 Å². The Morgan fingerprint density at radius 3 is 2.67 bits per heavy atom. The molecule has 1 amide bonds. The van der Waals surface area contributed by atoms with Crippen molar-refractivity contribution in [2.24, 2.45) is 0 Å². The lowest BCUT2D eigenvalue weighted by atomic mass is 10.2. The fourth-order valence-corrected chi connectivity index (χ4v) is 3.23. The number of fused-ring (bicyclic) bond motifs is 1. The molecule has 0 aliphatic carbocycles. The monoisotopic (exact) mass is 340 g/mol. The summed E-state index contributed by atoms with van der Waals surface area (Å²) in [5, 5.41) is 3.86. The second-order valence-corrected chi connectivity index (χ2v) is 6.71. The molecule has 0 bridgehead atoms. The molecule has 0 fully saturated rings. The van der Waals surface area contributed by atoms with Crippen molar-refractivity contribution >= 4 is 27.5 Å². The molecule has 2 aromatic carbocycles. The number of nitrogens with zero attached hydrogens (tertiary/aromatic N) is 1. The standard InChI is InChI=1S/C19H20N2O2S/c1-3-13(2)20-18(22)12-23-15-10-8-14(9-11-15)19-21-16-6-4-5-7-17(16)24-19/h4-11,13H,3,12H2,1-2H3,(H,20,22)/t13-/m1/s1. The van der Waals surface area contributed by atoms with Gasteiger partial charge in [-0.2, -0.15) is 0 Å². The number of hydrogen-bond acceptors (Lipinski definition) is 4. The van der Waals surface area contributed by atoms with E-state index in [4.69, 9.17) is 4.74 Å². The minimum atomic E-state index is -0.0976. The molecule has 24 heavy (non-hydrogen) atoms. The van der Waals surface area contributed by atoms with Gasteiger partial charge in [-0.15, -0.1) is 11.3 Å². The van der Waals surface area contributed by atoms with Gasteiger partial charge in [-0.05, 0) is 49.7 Å². The molecule has 124 valence electrons. The molecule has 4 nitrogen and oxygen atoms in total. The van der Waals surface area contributed by atoms with Crippen molar-refractivity contribution in [3.63, 3.8) is 0 Å². The molecule has 0 aliphatic rings. The lowest BCUT2D eigenvalue weighted by molar-refractivity contribution is -0.123. The van der Waals surface area contributed by atoms with Crippen LogP contribution in [0, 0.1) is 0 Å². The molecular weight excluding hydrogens is 320 g/mol. The average Bonchev–Trinajstić information content (AvgIpc) is 3.04. The third kappa shape index (κ3) is 3.92. The van der Waals surface area contributed by atoms with Gasteiger partial charge >= 0.3 is 0 Å². The molecule has 0 aliphatic heterocycles. The average molecular weight is 340 g/mol. The molecule has 1 heterocycles. The Bertz CT molecular complexity index is 794. The first-order valence-corrected chi connectivity index (χ1v) is 8.85. The Morgan fingerprint density at radius 2 is 1.96 bits per heavy atom. The van der Waals surface area contributed by atoms with Crippen molar-refractivity contribution in [2.75, 3.05) is 6.61 Å². The number of nitrogens with one attached hydrogen (secondary N) is 1. The molecule has 0 saturated carbocycles. The fraction of sp³-hybridized carbons (Fsp3) is 0.263. The van der Waals surface area contributed by atoms with Crippen molar-refractivity contribution in [1.82, 2.24) is 10.3 Å². The minimum Gasteiger partial charge on any atom is -0.484 e. The highest BCUT2D eigenvalue weighted by Crippen LogP contribution is 2.30. The molecule has 1 aromatic heterocycles. The molecule has 0 radical (unpaired) electrons. The topological polar surface area (TPSA) is 51.2 Å². The molecule has 3 aromatic rings. The van der Waals surface area contributed by atoms with Crippen molar-refractivity contribution in [3.05, 3.63) is 48.5 Å². The smallest absolute Gasteiger partial charge is 0.258 e. The predicted octanol–water partition coefficient (Wildman–Crippen LogP) is 4.26. The number of aromatic nitrogens is 1. The third-order valence-electron chi connectivity index (χ3n) is 3.78. The van der Waals surface area contributed by atoms with Gasteiger partial charge in [-0.3, -0.25) is 4.79 Å². The van der Waals surface area contributed by atoms with Crippen LogP contribution in [0.1, 0.15) is 20.3 Å². The quantitative estimate of drug-likeness (QED) is 0.729. The first-order chi connectivity index (χ1) is 11.7. The molecule has 1 atom stereocenters. The van der Waals surface area contributed by atoms with Crippen LogP contribution < -0.4 is 10.1 Å². The Balaban J connectivity index is 1.64. The van der Waals surface area contributed by atoms with E-state index in [2.05, 4.69) is 16.4 Å². The first kappa shape index (κ1) is 16.5. The lowest BCUT2D eigenvalue weighted by Crippen LogP contribution is -2.35. The second-order valence-electron chi connectivity index (χ2n) is 5.68. The summed E-state index contributed by atoms with van der Waals surface area (Å²) in [5.74, 6) is 0.582. The summed E-state index contributed by atoms with van der Waals surface area (Å²) >= 11 is 1.67. The summed E-state index contributed by atoms with van der Waals surface area (Å²) in [6.07, 6.45) is 0.905. The summed E-state index contributed by atoms with van der Waals surface area (Å²) < 4.78 is 6.71. The minimum absolute atomic E-state index is 0.0326. The number of thiazole rings is 1. The molecule has 0 spiro atoms. The fourth-order valence-electron chi connectivity index (χ4n) is 2.26. The van der Waals surface area contributed by atoms with E-state index >= 15 is 0 Å². The van der Waals surface area contributed by atoms with Gasteiger partial charge in [0.2, 0.25) is 0 Å². The molecule has 0 unspecified atom stereocenters. The van der Waals surface area contributed by atoms with Gasteiger partial charge in [0, 0.05) is 11.6 Å². The lowest BCUT2D eigenvalue weighted by Gasteiger charge is -2.12. The van der Waals surface area contributed by atoms with Crippen LogP contribution in [0.2, 0.25) is 0 Å². The number of hydrogen-bond donors (Lipinski definition) is 1. The van der Waals surface area contributed by atoms with E-state index in [1.807, 2.05) is 56.3 Å². The second kappa shape index (κ2) is 7.45. The van der Waals surface area contributed by atoms with Crippen LogP contribution in [0.15, 0.2) is 48.5 Å². The van der Waals surface area contributed by atoms with E-state index < -0.39 is 0 Å². The molecular formula is C19H20N2O2S. The van der Waals surface area contributed by atoms with Crippen molar-refractivity contribution in [2.45, 2.75) is 26.3 Å². The van der Waals surface area contributed by atoms with Gasteiger partial charge in [0.25, 0.3) is 5.91 Å². The van der Waals surface area contributed by atoms with Crippen LogP contribution in [0.25, 0.3) is 20.8 Å². The number of carbonyl (C=O) groups is 1. The Morgan fingerprint density at radius 1 is 1.21 bits per heavy atom. The van der Waals surface area contributed by atoms with Gasteiger partial charge < -0.3 is 10.1 Å². The van der Waals surface area contributed by atoms with Crippen LogP contribution in [-0.4, -0.2) is 23.5 Å². The van der Waals surface area contributed by atoms with Gasteiger partial charge in [0.15, 0.2) is 6.61 Å². The summed E-state index contributed by atoms with van der Waals surface area (Å²) in [4.78, 5) is 16.4. The van der Waals surface area contributed by atoms with Crippen molar-refractivity contribution in [1.29, 1.82) is 0 Å². The maximum absolute atomic E-state index is 11.7. The maximum atomic E-state index is 11.7. The summed E-state index contributed by atoms with van der Waals surface area (Å²) in [6.45, 7) is 4.04. The highest BCUT2D eigenvalue weighted by Gasteiger charge is 2.08. The third-order valence-corrected chi connectivity index (χ3v) is 4.87. The zero-order chi connectivity index (χ0) is 16.9. The molecule has 5 heteroatoms. The van der Waals surface area contributed by atoms with Gasteiger partial charge in [0.05, 0.1) is 10.2 Å². The number of para-hydroxylation sites is 1. The molecule has 1 N–H and O–H groups in total. The van der Waals surface area contributed by atoms with Gasteiger partial charge in [0.1, 0.15) is 10.8 Å². The number of carbonyl (C=O) groups excluding carboxylic acids is 1. The van der Waals surface area contributed by atoms with Crippen LogP contribution in [0.5, 0.6) is 5.75 Å². The highest BCUT2D eigenvalue weighted by atomic mass is 32.1. The van der Waals surface area contributed by atoms with Crippen LogP contribution in [-0.2, 0) is 4.79 Å². The SMILES string of the molecule is CC[C@@H](C)NC(=O)COc1ccc(-c2nc3ccccc3s2)cc1. The van der Waals surface area contributed by atoms with Crippen molar-refractivity contribution in [3.8, 4) is 16.3 Å². The number of benzene rings is 2. The summed E-state index contributed by atoms with van der Waals surface area (Å²) in [6, 6.07) is 16.0.